The van der Waals surface area contributed by atoms with Crippen molar-refractivity contribution >= 4 is 5.91 Å². The normalized spacial score (nSPS) is 15.6. The fraction of sp³-hybridized carbons (Fsp3) is 0.875. The van der Waals surface area contributed by atoms with Gasteiger partial charge in [-0.2, -0.15) is 0 Å². The van der Waals surface area contributed by atoms with E-state index < -0.39 is 0 Å². The minimum absolute atomic E-state index is 0.0466. The van der Waals surface area contributed by atoms with E-state index in [0.717, 1.165) is 6.42 Å². The van der Waals surface area contributed by atoms with E-state index in [1.165, 1.54) is 0 Å². The maximum Gasteiger partial charge on any atom is 0.236 e. The Morgan fingerprint density at radius 3 is 2.36 bits per heavy atom. The van der Waals surface area contributed by atoms with Gasteiger partial charge in [0, 0.05) is 13.1 Å². The largest absolute Gasteiger partial charge is 0.358 e. The van der Waals surface area contributed by atoms with Gasteiger partial charge in [-0.25, -0.2) is 0 Å². The van der Waals surface area contributed by atoms with Crippen LogP contribution in [0.5, 0.6) is 0 Å². The maximum atomic E-state index is 11.0. The van der Waals surface area contributed by atoms with E-state index in [-0.39, 0.29) is 11.9 Å². The first-order valence-electron chi connectivity index (χ1n) is 4.09. The van der Waals surface area contributed by atoms with Gasteiger partial charge in [-0.1, -0.05) is 6.92 Å². The number of likely N-dealkylation sites (N-methyl/N-ethyl adjacent to an activating group) is 1. The summed E-state index contributed by atoms with van der Waals surface area (Å²) >= 11 is 0. The van der Waals surface area contributed by atoms with Gasteiger partial charge in [0.1, 0.15) is 0 Å². The van der Waals surface area contributed by atoms with Crippen molar-refractivity contribution in [3.63, 3.8) is 0 Å². The minimum atomic E-state index is -0.0880. The van der Waals surface area contributed by atoms with Crippen molar-refractivity contribution in [2.24, 2.45) is 0 Å². The lowest BCUT2D eigenvalue weighted by Gasteiger charge is -2.16. The molecular formula is C8H18N2O. The van der Waals surface area contributed by atoms with Gasteiger partial charge < -0.3 is 10.6 Å². The van der Waals surface area contributed by atoms with Gasteiger partial charge in [0.2, 0.25) is 5.91 Å². The molecule has 0 aromatic rings. The molecule has 0 saturated heterocycles. The average Bonchev–Trinajstić information content (AvgIpc) is 2.02. The van der Waals surface area contributed by atoms with Gasteiger partial charge in [0.05, 0.1) is 6.04 Å². The number of rotatable bonds is 4. The first-order chi connectivity index (χ1) is 5.11. The molecule has 0 aliphatic carbocycles. The van der Waals surface area contributed by atoms with Crippen LogP contribution in [0.25, 0.3) is 0 Å². The molecule has 0 bridgehead atoms. The highest BCUT2D eigenvalue weighted by Crippen LogP contribution is 1.91. The number of carbonyl (C=O) groups excluding carboxylic acids is 1. The third kappa shape index (κ3) is 3.98. The molecule has 1 unspecified atom stereocenters. The number of nitrogens with one attached hydrogen (secondary N) is 2. The second-order valence-corrected chi connectivity index (χ2v) is 2.81. The smallest absolute Gasteiger partial charge is 0.236 e. The summed E-state index contributed by atoms with van der Waals surface area (Å²) < 4.78 is 0. The van der Waals surface area contributed by atoms with E-state index in [1.807, 2.05) is 6.92 Å². The van der Waals surface area contributed by atoms with Crippen LogP contribution in [0, 0.1) is 0 Å². The molecule has 2 atom stereocenters. The van der Waals surface area contributed by atoms with Crippen molar-refractivity contribution < 1.29 is 4.79 Å². The zero-order valence-electron chi connectivity index (χ0n) is 7.77. The topological polar surface area (TPSA) is 41.1 Å². The van der Waals surface area contributed by atoms with Crippen LogP contribution in [0.15, 0.2) is 0 Å². The van der Waals surface area contributed by atoms with Gasteiger partial charge in [-0.15, -0.1) is 0 Å². The summed E-state index contributed by atoms with van der Waals surface area (Å²) in [5, 5.41) is 5.76. The van der Waals surface area contributed by atoms with Crippen LogP contribution in [-0.4, -0.2) is 25.0 Å². The average molecular weight is 158 g/mol. The van der Waals surface area contributed by atoms with Crippen LogP contribution in [-0.2, 0) is 4.79 Å². The summed E-state index contributed by atoms with van der Waals surface area (Å²) in [5.41, 5.74) is 0. The molecule has 66 valence electrons. The van der Waals surface area contributed by atoms with E-state index in [2.05, 4.69) is 24.5 Å². The molecule has 3 heteroatoms. The van der Waals surface area contributed by atoms with Gasteiger partial charge in [-0.05, 0) is 20.3 Å². The number of hydrogen-bond donors (Lipinski definition) is 2. The third-order valence-corrected chi connectivity index (χ3v) is 1.79. The summed E-state index contributed by atoms with van der Waals surface area (Å²) in [5.74, 6) is 0.0466. The monoisotopic (exact) mass is 158 g/mol. The molecule has 0 radical (unpaired) electrons. The Morgan fingerprint density at radius 2 is 2.00 bits per heavy atom. The second-order valence-electron chi connectivity index (χ2n) is 2.81. The predicted octanol–water partition coefficient (Wildman–Crippen LogP) is 0.509. The van der Waals surface area contributed by atoms with Crippen LogP contribution in [0.3, 0.4) is 0 Å². The molecule has 0 heterocycles. The summed E-state index contributed by atoms with van der Waals surface area (Å²) in [7, 11) is 1.65. The van der Waals surface area contributed by atoms with E-state index in [1.54, 1.807) is 7.05 Å². The second kappa shape index (κ2) is 5.13. The molecule has 11 heavy (non-hydrogen) atoms. The zero-order valence-corrected chi connectivity index (χ0v) is 7.77. The van der Waals surface area contributed by atoms with Gasteiger partial charge in [0.25, 0.3) is 0 Å². The van der Waals surface area contributed by atoms with E-state index in [4.69, 9.17) is 0 Å². The molecule has 2 N–H and O–H groups in total. The van der Waals surface area contributed by atoms with Crippen LogP contribution in [0.1, 0.15) is 27.2 Å². The SMILES string of the molecule is CCC(C)N[C@H](C)C(=O)NC. The first-order valence-corrected chi connectivity index (χ1v) is 4.09. The Morgan fingerprint density at radius 1 is 1.45 bits per heavy atom. The van der Waals surface area contributed by atoms with E-state index >= 15 is 0 Å². The van der Waals surface area contributed by atoms with Crippen molar-refractivity contribution in [3.8, 4) is 0 Å². The van der Waals surface area contributed by atoms with Crippen LogP contribution >= 0.6 is 0 Å². The van der Waals surface area contributed by atoms with Crippen LogP contribution in [0.4, 0.5) is 0 Å². The lowest BCUT2D eigenvalue weighted by molar-refractivity contribution is -0.122. The molecule has 0 spiro atoms. The van der Waals surface area contributed by atoms with Crippen molar-refractivity contribution in [3.05, 3.63) is 0 Å². The van der Waals surface area contributed by atoms with Gasteiger partial charge in [0.15, 0.2) is 0 Å². The lowest BCUT2D eigenvalue weighted by atomic mass is 10.2. The summed E-state index contributed by atoms with van der Waals surface area (Å²) in [4.78, 5) is 11.0. The highest BCUT2D eigenvalue weighted by molar-refractivity contribution is 5.80. The predicted molar refractivity (Wildman–Crippen MR) is 46.4 cm³/mol. The Balaban J connectivity index is 3.67. The molecule has 0 saturated carbocycles. The Hall–Kier alpha value is -0.570. The molecule has 0 rings (SSSR count). The van der Waals surface area contributed by atoms with Crippen LogP contribution in [0.2, 0.25) is 0 Å². The van der Waals surface area contributed by atoms with Gasteiger partial charge >= 0.3 is 0 Å². The van der Waals surface area contributed by atoms with Crippen molar-refractivity contribution in [2.75, 3.05) is 7.05 Å². The van der Waals surface area contributed by atoms with Crippen molar-refractivity contribution in [2.45, 2.75) is 39.3 Å². The highest BCUT2D eigenvalue weighted by Gasteiger charge is 2.11. The quantitative estimate of drug-likeness (QED) is 0.626. The summed E-state index contributed by atoms with van der Waals surface area (Å²) in [6.07, 6.45) is 1.04. The molecule has 0 aromatic carbocycles. The molecule has 0 aliphatic rings. The molecule has 1 amide bonds. The number of carbonyl (C=O) groups is 1. The summed E-state index contributed by atoms with van der Waals surface area (Å²) in [6.45, 7) is 6.03. The van der Waals surface area contributed by atoms with E-state index in [0.29, 0.717) is 6.04 Å². The fourth-order valence-corrected chi connectivity index (χ4v) is 0.837. The molecule has 0 aliphatic heterocycles. The Labute approximate surface area is 68.6 Å². The third-order valence-electron chi connectivity index (χ3n) is 1.79. The maximum absolute atomic E-state index is 11.0. The van der Waals surface area contributed by atoms with Crippen LogP contribution < -0.4 is 10.6 Å². The number of amides is 1. The van der Waals surface area contributed by atoms with E-state index in [9.17, 15) is 4.79 Å². The molecule has 0 fully saturated rings. The van der Waals surface area contributed by atoms with Gasteiger partial charge in [-0.3, -0.25) is 4.79 Å². The van der Waals surface area contributed by atoms with Crippen molar-refractivity contribution in [1.82, 2.24) is 10.6 Å². The fourth-order valence-electron chi connectivity index (χ4n) is 0.837. The molecule has 0 aromatic heterocycles. The van der Waals surface area contributed by atoms with Crippen molar-refractivity contribution in [1.29, 1.82) is 0 Å². The highest BCUT2D eigenvalue weighted by atomic mass is 16.2. The first kappa shape index (κ1) is 10.4. The minimum Gasteiger partial charge on any atom is -0.358 e. The molecular weight excluding hydrogens is 140 g/mol. The molecule has 3 nitrogen and oxygen atoms in total. The standard InChI is InChI=1S/C8H18N2O/c1-5-6(2)10-7(3)8(11)9-4/h6-7,10H,5H2,1-4H3,(H,9,11)/t6?,7-/m1/s1. The lowest BCUT2D eigenvalue weighted by Crippen LogP contribution is -2.44. The Bertz CT molecular complexity index is 125. The summed E-state index contributed by atoms with van der Waals surface area (Å²) in [6, 6.07) is 0.317. The zero-order chi connectivity index (χ0) is 8.85. The Kier molecular flexibility index (Phi) is 4.86. The number of hydrogen-bond acceptors (Lipinski definition) is 2.